The quantitative estimate of drug-likeness (QED) is 0.903. The maximum Gasteiger partial charge on any atom is 0.274 e. The van der Waals surface area contributed by atoms with E-state index in [-0.39, 0.29) is 10.6 Å². The summed E-state index contributed by atoms with van der Waals surface area (Å²) in [7, 11) is -3.45. The Kier molecular flexibility index (Phi) is 4.84. The summed E-state index contributed by atoms with van der Waals surface area (Å²) in [6.07, 6.45) is 3.23. The molecule has 2 heterocycles. The SMILES string of the molecule is O=C(Nc1ccc(S(=O)(=O)N2CCCC2)cc1)c1cc(Cl)ccn1. The van der Waals surface area contributed by atoms with Gasteiger partial charge in [0.2, 0.25) is 10.0 Å². The van der Waals surface area contributed by atoms with Gasteiger partial charge in [-0.05, 0) is 49.2 Å². The highest BCUT2D eigenvalue weighted by atomic mass is 35.5. The summed E-state index contributed by atoms with van der Waals surface area (Å²) < 4.78 is 26.4. The molecule has 0 unspecified atom stereocenters. The lowest BCUT2D eigenvalue weighted by molar-refractivity contribution is 0.102. The number of pyridine rings is 1. The molecular weight excluding hydrogens is 350 g/mol. The predicted molar refractivity (Wildman–Crippen MR) is 91.6 cm³/mol. The number of sulfonamides is 1. The van der Waals surface area contributed by atoms with Gasteiger partial charge in [-0.2, -0.15) is 4.31 Å². The van der Waals surface area contributed by atoms with E-state index in [0.29, 0.717) is 23.8 Å². The zero-order chi connectivity index (χ0) is 17.2. The Bertz CT molecular complexity index is 847. The second-order valence-corrected chi connectivity index (χ2v) is 7.82. The molecule has 6 nitrogen and oxygen atoms in total. The molecule has 1 saturated heterocycles. The first-order valence-corrected chi connectivity index (χ1v) is 9.32. The van der Waals surface area contributed by atoms with E-state index in [1.54, 1.807) is 18.2 Å². The molecular formula is C16H16ClN3O3S. The fourth-order valence-electron chi connectivity index (χ4n) is 2.51. The van der Waals surface area contributed by atoms with Gasteiger partial charge in [0.15, 0.2) is 0 Å². The van der Waals surface area contributed by atoms with Crippen LogP contribution in [0.1, 0.15) is 23.3 Å². The Labute approximate surface area is 145 Å². The van der Waals surface area contributed by atoms with Crippen molar-refractivity contribution in [2.75, 3.05) is 18.4 Å². The summed E-state index contributed by atoms with van der Waals surface area (Å²) in [6.45, 7) is 1.11. The number of amides is 1. The number of hydrogen-bond acceptors (Lipinski definition) is 4. The van der Waals surface area contributed by atoms with Crippen molar-refractivity contribution in [1.82, 2.24) is 9.29 Å². The molecule has 1 aromatic carbocycles. The molecule has 1 N–H and O–H groups in total. The lowest BCUT2D eigenvalue weighted by Gasteiger charge is -2.15. The zero-order valence-corrected chi connectivity index (χ0v) is 14.3. The first-order chi connectivity index (χ1) is 11.5. The lowest BCUT2D eigenvalue weighted by Crippen LogP contribution is -2.27. The molecule has 1 fully saturated rings. The van der Waals surface area contributed by atoms with Crippen LogP contribution in [0, 0.1) is 0 Å². The van der Waals surface area contributed by atoms with Crippen molar-refractivity contribution < 1.29 is 13.2 Å². The van der Waals surface area contributed by atoms with E-state index in [4.69, 9.17) is 11.6 Å². The van der Waals surface area contributed by atoms with Gasteiger partial charge in [-0.15, -0.1) is 0 Å². The van der Waals surface area contributed by atoms with Crippen LogP contribution in [-0.4, -0.2) is 36.7 Å². The van der Waals surface area contributed by atoms with E-state index >= 15 is 0 Å². The van der Waals surface area contributed by atoms with Gasteiger partial charge >= 0.3 is 0 Å². The van der Waals surface area contributed by atoms with Gasteiger partial charge < -0.3 is 5.32 Å². The van der Waals surface area contributed by atoms with Gasteiger partial charge in [-0.25, -0.2) is 8.42 Å². The average Bonchev–Trinajstić information content (AvgIpc) is 3.10. The molecule has 1 aromatic heterocycles. The molecule has 0 spiro atoms. The van der Waals surface area contributed by atoms with Crippen LogP contribution in [0.25, 0.3) is 0 Å². The number of halogens is 1. The third kappa shape index (κ3) is 3.58. The maximum atomic E-state index is 12.4. The van der Waals surface area contributed by atoms with E-state index in [2.05, 4.69) is 10.3 Å². The highest BCUT2D eigenvalue weighted by Gasteiger charge is 2.26. The van der Waals surface area contributed by atoms with E-state index < -0.39 is 15.9 Å². The van der Waals surface area contributed by atoms with Crippen molar-refractivity contribution in [1.29, 1.82) is 0 Å². The molecule has 126 valence electrons. The number of nitrogens with one attached hydrogen (secondary N) is 1. The predicted octanol–water partition coefficient (Wildman–Crippen LogP) is 2.77. The highest BCUT2D eigenvalue weighted by Crippen LogP contribution is 2.22. The summed E-state index contributed by atoms with van der Waals surface area (Å²) >= 11 is 5.83. The lowest BCUT2D eigenvalue weighted by atomic mass is 10.3. The highest BCUT2D eigenvalue weighted by molar-refractivity contribution is 7.89. The van der Waals surface area contributed by atoms with Crippen LogP contribution < -0.4 is 5.32 Å². The van der Waals surface area contributed by atoms with Gasteiger partial charge in [0.1, 0.15) is 5.69 Å². The second kappa shape index (κ2) is 6.88. The monoisotopic (exact) mass is 365 g/mol. The van der Waals surface area contributed by atoms with Gasteiger partial charge in [0, 0.05) is 30.0 Å². The third-order valence-corrected chi connectivity index (χ3v) is 5.92. The number of aromatic nitrogens is 1. The number of hydrogen-bond donors (Lipinski definition) is 1. The molecule has 1 aliphatic rings. The molecule has 2 aromatic rings. The molecule has 0 radical (unpaired) electrons. The molecule has 0 saturated carbocycles. The zero-order valence-electron chi connectivity index (χ0n) is 12.8. The minimum Gasteiger partial charge on any atom is -0.321 e. The van der Waals surface area contributed by atoms with Gasteiger partial charge in [-0.1, -0.05) is 11.6 Å². The van der Waals surface area contributed by atoms with Crippen molar-refractivity contribution in [3.63, 3.8) is 0 Å². The second-order valence-electron chi connectivity index (χ2n) is 5.45. The maximum absolute atomic E-state index is 12.4. The number of benzene rings is 1. The largest absolute Gasteiger partial charge is 0.321 e. The van der Waals surface area contributed by atoms with Gasteiger partial charge in [0.05, 0.1) is 4.90 Å². The molecule has 1 amide bonds. The van der Waals surface area contributed by atoms with Crippen molar-refractivity contribution in [3.05, 3.63) is 53.3 Å². The topological polar surface area (TPSA) is 79.4 Å². The Morgan fingerprint density at radius 3 is 2.42 bits per heavy atom. The molecule has 8 heteroatoms. The molecule has 24 heavy (non-hydrogen) atoms. The van der Waals surface area contributed by atoms with E-state index in [1.807, 2.05) is 0 Å². The molecule has 3 rings (SSSR count). The number of anilines is 1. The van der Waals surface area contributed by atoms with E-state index in [9.17, 15) is 13.2 Å². The number of rotatable bonds is 4. The summed E-state index contributed by atoms with van der Waals surface area (Å²) in [4.78, 5) is 16.3. The standard InChI is InChI=1S/C16H16ClN3O3S/c17-12-7-8-18-15(11-12)16(21)19-13-3-5-14(6-4-13)24(22,23)20-9-1-2-10-20/h3-8,11H,1-2,9-10H2,(H,19,21). The smallest absolute Gasteiger partial charge is 0.274 e. The van der Waals surface area contributed by atoms with Crippen LogP contribution in [-0.2, 0) is 10.0 Å². The minimum absolute atomic E-state index is 0.191. The molecule has 0 aliphatic carbocycles. The number of nitrogens with zero attached hydrogens (tertiary/aromatic N) is 2. The van der Waals surface area contributed by atoms with Gasteiger partial charge in [0.25, 0.3) is 5.91 Å². The summed E-state index contributed by atoms with van der Waals surface area (Å²) in [6, 6.07) is 9.15. The number of carbonyl (C=O) groups excluding carboxylic acids is 1. The third-order valence-electron chi connectivity index (χ3n) is 3.77. The van der Waals surface area contributed by atoms with E-state index in [0.717, 1.165) is 12.8 Å². The first-order valence-electron chi connectivity index (χ1n) is 7.50. The molecule has 0 atom stereocenters. The Morgan fingerprint density at radius 1 is 1.12 bits per heavy atom. The van der Waals surface area contributed by atoms with Crippen LogP contribution >= 0.6 is 11.6 Å². The van der Waals surface area contributed by atoms with Crippen LogP contribution in [0.2, 0.25) is 5.02 Å². The van der Waals surface area contributed by atoms with Crippen LogP contribution in [0.4, 0.5) is 5.69 Å². The molecule has 0 bridgehead atoms. The Morgan fingerprint density at radius 2 is 1.79 bits per heavy atom. The summed E-state index contributed by atoms with van der Waals surface area (Å²) in [5, 5.41) is 3.08. The Hall–Kier alpha value is -1.96. The first kappa shape index (κ1) is 16.9. The van der Waals surface area contributed by atoms with Crippen molar-refractivity contribution >= 4 is 33.2 Å². The minimum atomic E-state index is -3.45. The summed E-state index contributed by atoms with van der Waals surface area (Å²) in [5.41, 5.74) is 0.679. The Balaban J connectivity index is 1.74. The van der Waals surface area contributed by atoms with Crippen LogP contribution in [0.5, 0.6) is 0 Å². The van der Waals surface area contributed by atoms with Crippen molar-refractivity contribution in [2.45, 2.75) is 17.7 Å². The van der Waals surface area contributed by atoms with Crippen molar-refractivity contribution in [3.8, 4) is 0 Å². The average molecular weight is 366 g/mol. The van der Waals surface area contributed by atoms with Gasteiger partial charge in [-0.3, -0.25) is 9.78 Å². The van der Waals surface area contributed by atoms with Crippen molar-refractivity contribution in [2.24, 2.45) is 0 Å². The number of carbonyl (C=O) groups is 1. The van der Waals surface area contributed by atoms with E-state index in [1.165, 1.54) is 28.7 Å². The summed E-state index contributed by atoms with van der Waals surface area (Å²) in [5.74, 6) is -0.410. The van der Waals surface area contributed by atoms with Crippen LogP contribution in [0.3, 0.4) is 0 Å². The normalized spacial score (nSPS) is 15.4. The molecule has 1 aliphatic heterocycles. The fourth-order valence-corrected chi connectivity index (χ4v) is 4.19. The van der Waals surface area contributed by atoms with Crippen LogP contribution in [0.15, 0.2) is 47.5 Å². The fraction of sp³-hybridized carbons (Fsp3) is 0.250.